The smallest absolute Gasteiger partial charge is 0.489 e. The largest absolute Gasteiger partial charge is 0.586 e. The van der Waals surface area contributed by atoms with Crippen LogP contribution in [0.5, 0.6) is 17.2 Å². The molecule has 2 heterocycles. The van der Waals surface area contributed by atoms with Crippen LogP contribution >= 0.6 is 0 Å². The molecule has 3 aromatic carbocycles. The Labute approximate surface area is 209 Å². The van der Waals surface area contributed by atoms with Gasteiger partial charge in [0, 0.05) is 12.6 Å². The van der Waals surface area contributed by atoms with Gasteiger partial charge in [0.1, 0.15) is 12.4 Å². The maximum absolute atomic E-state index is 16.8. The fraction of sp³-hybridized carbons (Fsp3) is 0.148. The van der Waals surface area contributed by atoms with Crippen LogP contribution in [-0.4, -0.2) is 22.5 Å². The predicted molar refractivity (Wildman–Crippen MR) is 125 cm³/mol. The highest BCUT2D eigenvalue weighted by atomic mass is 19.3. The molecule has 0 fully saturated rings. The molecule has 1 aromatic heterocycles. The van der Waals surface area contributed by atoms with Gasteiger partial charge in [0.15, 0.2) is 11.5 Å². The van der Waals surface area contributed by atoms with Gasteiger partial charge >= 0.3 is 6.29 Å². The number of nitriles is 2. The molecule has 1 aliphatic rings. The summed E-state index contributed by atoms with van der Waals surface area (Å²) in [5.41, 5.74) is -0.270. The Morgan fingerprint density at radius 3 is 2.35 bits per heavy atom. The molecular weight excluding hydrogens is 485 g/mol. The number of hydrogen-bond acceptors (Lipinski definition) is 6. The van der Waals surface area contributed by atoms with Crippen LogP contribution in [0, 0.1) is 22.7 Å². The van der Waals surface area contributed by atoms with Gasteiger partial charge in [-0.25, -0.2) is 9.37 Å². The Bertz CT molecular complexity index is 1570. The van der Waals surface area contributed by atoms with Gasteiger partial charge in [0.2, 0.25) is 5.67 Å². The van der Waals surface area contributed by atoms with Gasteiger partial charge in [-0.2, -0.15) is 10.5 Å². The normalized spacial score (nSPS) is 14.9. The lowest BCUT2D eigenvalue weighted by Crippen LogP contribution is -2.32. The van der Waals surface area contributed by atoms with Crippen LogP contribution in [0.15, 0.2) is 73.2 Å². The minimum atomic E-state index is -3.78. The van der Waals surface area contributed by atoms with Gasteiger partial charge in [0.05, 0.1) is 41.5 Å². The minimum absolute atomic E-state index is 0.132. The number of rotatable bonds is 6. The second-order valence-electron chi connectivity index (χ2n) is 8.32. The molecule has 0 saturated carbocycles. The van der Waals surface area contributed by atoms with Crippen molar-refractivity contribution in [2.24, 2.45) is 7.05 Å². The zero-order chi connectivity index (χ0) is 26.2. The number of ether oxygens (including phenoxy) is 3. The summed E-state index contributed by atoms with van der Waals surface area (Å²) < 4.78 is 60.3. The molecule has 1 unspecified atom stereocenters. The van der Waals surface area contributed by atoms with Crippen molar-refractivity contribution in [3.05, 3.63) is 95.6 Å². The first-order valence-corrected chi connectivity index (χ1v) is 11.0. The zero-order valence-electron chi connectivity index (χ0n) is 19.3. The average Bonchev–Trinajstić information content (AvgIpc) is 3.47. The first-order chi connectivity index (χ1) is 17.7. The topological polar surface area (TPSA) is 93.1 Å². The summed E-state index contributed by atoms with van der Waals surface area (Å²) in [5, 5.41) is 18.5. The molecule has 0 aliphatic carbocycles. The molecule has 4 aromatic rings. The summed E-state index contributed by atoms with van der Waals surface area (Å²) in [6.07, 6.45) is -0.936. The van der Waals surface area contributed by atoms with Crippen molar-refractivity contribution in [2.45, 2.75) is 12.0 Å². The van der Waals surface area contributed by atoms with E-state index in [-0.39, 0.29) is 34.1 Å². The molecule has 1 aliphatic heterocycles. The van der Waals surface area contributed by atoms with Crippen molar-refractivity contribution in [1.29, 1.82) is 10.5 Å². The Balaban J connectivity index is 1.53. The van der Waals surface area contributed by atoms with Gasteiger partial charge < -0.3 is 18.8 Å². The zero-order valence-corrected chi connectivity index (χ0v) is 19.3. The minimum Gasteiger partial charge on any atom is -0.489 e. The van der Waals surface area contributed by atoms with E-state index in [1.165, 1.54) is 77.8 Å². The quantitative estimate of drug-likeness (QED) is 0.348. The highest BCUT2D eigenvalue weighted by molar-refractivity contribution is 5.74. The Hall–Kier alpha value is -4.96. The summed E-state index contributed by atoms with van der Waals surface area (Å²) in [6, 6.07) is 18.8. The standard InChI is InChI=1S/C27H17F3N4O3/c1-34-16-33-14-25(34)26(28,20-6-2-17(12-31)3-7-20)15-35-22-8-4-18(13-32)10-21(22)19-5-9-23-24(11-19)37-27(29,30)36-23/h2-11,14,16H,15H2,1H3. The number of benzene rings is 3. The number of aromatic nitrogens is 2. The molecule has 0 spiro atoms. The van der Waals surface area contributed by atoms with Gasteiger partial charge in [-0.15, -0.1) is 8.78 Å². The molecule has 10 heteroatoms. The molecule has 0 saturated heterocycles. The third-order valence-electron chi connectivity index (χ3n) is 5.94. The molecular formula is C27H17F3N4O3. The monoisotopic (exact) mass is 502 g/mol. The highest BCUT2D eigenvalue weighted by Gasteiger charge is 2.43. The van der Waals surface area contributed by atoms with Crippen molar-refractivity contribution in [3.8, 4) is 40.5 Å². The van der Waals surface area contributed by atoms with E-state index < -0.39 is 18.6 Å². The molecule has 5 rings (SSSR count). The third-order valence-corrected chi connectivity index (χ3v) is 5.94. The molecule has 0 amide bonds. The fourth-order valence-corrected chi connectivity index (χ4v) is 4.10. The summed E-state index contributed by atoms with van der Waals surface area (Å²) in [5.74, 6) is -0.0990. The maximum atomic E-state index is 16.8. The third kappa shape index (κ3) is 4.41. The van der Waals surface area contributed by atoms with Crippen molar-refractivity contribution >= 4 is 0 Å². The van der Waals surface area contributed by atoms with E-state index in [0.29, 0.717) is 16.7 Å². The second-order valence-corrected chi connectivity index (χ2v) is 8.32. The number of aryl methyl sites for hydroxylation is 1. The van der Waals surface area contributed by atoms with Crippen molar-refractivity contribution in [3.63, 3.8) is 0 Å². The average molecular weight is 502 g/mol. The lowest BCUT2D eigenvalue weighted by molar-refractivity contribution is -0.286. The van der Waals surface area contributed by atoms with E-state index in [1.807, 2.05) is 12.1 Å². The molecule has 0 N–H and O–H groups in total. The number of imidazole rings is 1. The molecule has 0 bridgehead atoms. The van der Waals surface area contributed by atoms with Crippen LogP contribution in [0.4, 0.5) is 13.2 Å². The van der Waals surface area contributed by atoms with Crippen LogP contribution < -0.4 is 14.2 Å². The summed E-state index contributed by atoms with van der Waals surface area (Å²) in [7, 11) is 1.65. The van der Waals surface area contributed by atoms with Gasteiger partial charge in [-0.3, -0.25) is 0 Å². The number of hydrogen-bond donors (Lipinski definition) is 0. The summed E-state index contributed by atoms with van der Waals surface area (Å²) >= 11 is 0. The summed E-state index contributed by atoms with van der Waals surface area (Å²) in [6.45, 7) is -0.486. The highest BCUT2D eigenvalue weighted by Crippen LogP contribution is 2.44. The van der Waals surface area contributed by atoms with Crippen molar-refractivity contribution in [2.75, 3.05) is 6.61 Å². The van der Waals surface area contributed by atoms with Crippen LogP contribution in [0.1, 0.15) is 22.4 Å². The fourth-order valence-electron chi connectivity index (χ4n) is 4.10. The van der Waals surface area contributed by atoms with E-state index in [1.54, 1.807) is 7.05 Å². The first kappa shape index (κ1) is 23.8. The van der Waals surface area contributed by atoms with Crippen LogP contribution in [0.25, 0.3) is 11.1 Å². The SMILES string of the molecule is Cn1cncc1C(F)(COc1ccc(C#N)cc1-c1ccc2c(c1)OC(F)(F)O2)c1ccc(C#N)cc1. The van der Waals surface area contributed by atoms with E-state index >= 15 is 4.39 Å². The lowest BCUT2D eigenvalue weighted by atomic mass is 9.92. The molecule has 0 radical (unpaired) electrons. The van der Waals surface area contributed by atoms with E-state index in [4.69, 9.17) is 10.00 Å². The Morgan fingerprint density at radius 2 is 1.68 bits per heavy atom. The van der Waals surface area contributed by atoms with Crippen molar-refractivity contribution < 1.29 is 27.4 Å². The predicted octanol–water partition coefficient (Wildman–Crippen LogP) is 5.44. The number of halogens is 3. The van der Waals surface area contributed by atoms with E-state index in [0.717, 1.165) is 0 Å². The Morgan fingerprint density at radius 1 is 0.973 bits per heavy atom. The van der Waals surface area contributed by atoms with E-state index in [2.05, 4.69) is 14.5 Å². The van der Waals surface area contributed by atoms with Gasteiger partial charge in [0.25, 0.3) is 0 Å². The first-order valence-electron chi connectivity index (χ1n) is 11.0. The van der Waals surface area contributed by atoms with Crippen LogP contribution in [-0.2, 0) is 12.7 Å². The second kappa shape index (κ2) is 8.92. The number of alkyl halides is 3. The van der Waals surface area contributed by atoms with E-state index in [9.17, 15) is 14.0 Å². The van der Waals surface area contributed by atoms with Crippen LogP contribution in [0.3, 0.4) is 0 Å². The van der Waals surface area contributed by atoms with Gasteiger partial charge in [-0.05, 0) is 53.6 Å². The van der Waals surface area contributed by atoms with Crippen molar-refractivity contribution in [1.82, 2.24) is 9.55 Å². The molecule has 37 heavy (non-hydrogen) atoms. The molecule has 1 atom stereocenters. The van der Waals surface area contributed by atoms with Crippen LogP contribution in [0.2, 0.25) is 0 Å². The maximum Gasteiger partial charge on any atom is 0.586 e. The number of fused-ring (bicyclic) bond motifs is 1. The number of nitrogens with zero attached hydrogens (tertiary/aromatic N) is 4. The summed E-state index contributed by atoms with van der Waals surface area (Å²) in [4.78, 5) is 4.03. The van der Waals surface area contributed by atoms with Gasteiger partial charge in [-0.1, -0.05) is 18.2 Å². The molecule has 7 nitrogen and oxygen atoms in total. The lowest BCUT2D eigenvalue weighted by Gasteiger charge is -2.27. The molecule has 184 valence electrons. The Kier molecular flexibility index (Phi) is 5.73.